The molecule has 2 fully saturated rings. The molecule has 144 valence electrons. The van der Waals surface area contributed by atoms with Gasteiger partial charge in [0.1, 0.15) is 12.3 Å². The quantitative estimate of drug-likeness (QED) is 0.722. The van der Waals surface area contributed by atoms with E-state index in [1.807, 2.05) is 0 Å². The zero-order chi connectivity index (χ0) is 19.6. The number of carbonyl (C=O) groups is 3. The molecule has 3 rings (SSSR count). The fraction of sp³-hybridized carbons (Fsp3) is 0.353. The molecular weight excluding hydrogens is 392 g/mol. The van der Waals surface area contributed by atoms with Gasteiger partial charge in [0.15, 0.2) is 9.84 Å². The Morgan fingerprint density at radius 2 is 2.19 bits per heavy atom. The van der Waals surface area contributed by atoms with Gasteiger partial charge >= 0.3 is 0 Å². The molecule has 2 heterocycles. The highest BCUT2D eigenvalue weighted by atomic mass is 32.2. The van der Waals surface area contributed by atoms with E-state index >= 15 is 0 Å². The Balaban J connectivity index is 1.65. The fourth-order valence-corrected chi connectivity index (χ4v) is 5.36. The first-order chi connectivity index (χ1) is 12.8. The SMILES string of the molecule is COc1cccc(/C=C2\SC(=O)N(CC(=O)N[C@H]3CCS(=O)(=O)C3)C2=O)c1. The van der Waals surface area contributed by atoms with Crippen LogP contribution in [0.3, 0.4) is 0 Å². The molecule has 2 aliphatic rings. The van der Waals surface area contributed by atoms with Gasteiger partial charge in [-0.05, 0) is 42.0 Å². The van der Waals surface area contributed by atoms with Crippen LogP contribution >= 0.6 is 11.8 Å². The van der Waals surface area contributed by atoms with Crippen LogP contribution in [0, 0.1) is 0 Å². The maximum absolute atomic E-state index is 12.5. The van der Waals surface area contributed by atoms with Crippen molar-refractivity contribution < 1.29 is 27.5 Å². The summed E-state index contributed by atoms with van der Waals surface area (Å²) in [7, 11) is -1.60. The van der Waals surface area contributed by atoms with Crippen molar-refractivity contribution in [2.45, 2.75) is 12.5 Å². The van der Waals surface area contributed by atoms with Crippen molar-refractivity contribution >= 4 is 44.7 Å². The van der Waals surface area contributed by atoms with E-state index in [1.54, 1.807) is 30.3 Å². The van der Waals surface area contributed by atoms with Crippen molar-refractivity contribution in [1.82, 2.24) is 10.2 Å². The first kappa shape index (κ1) is 19.4. The van der Waals surface area contributed by atoms with Crippen molar-refractivity contribution in [2.75, 3.05) is 25.2 Å². The van der Waals surface area contributed by atoms with Gasteiger partial charge < -0.3 is 10.1 Å². The summed E-state index contributed by atoms with van der Waals surface area (Å²) < 4.78 is 28.0. The van der Waals surface area contributed by atoms with E-state index in [0.29, 0.717) is 17.7 Å². The van der Waals surface area contributed by atoms with Crippen LogP contribution in [0.2, 0.25) is 0 Å². The van der Waals surface area contributed by atoms with Gasteiger partial charge in [0.2, 0.25) is 5.91 Å². The van der Waals surface area contributed by atoms with E-state index < -0.39 is 39.5 Å². The molecule has 2 saturated heterocycles. The molecular formula is C17H18N2O6S2. The number of amides is 3. The van der Waals surface area contributed by atoms with E-state index in [2.05, 4.69) is 5.32 Å². The minimum atomic E-state index is -3.12. The van der Waals surface area contributed by atoms with E-state index in [0.717, 1.165) is 16.7 Å². The first-order valence-electron chi connectivity index (χ1n) is 8.16. The minimum Gasteiger partial charge on any atom is -0.497 e. The Morgan fingerprint density at radius 3 is 2.85 bits per heavy atom. The second-order valence-corrected chi connectivity index (χ2v) is 9.43. The average molecular weight is 410 g/mol. The molecule has 1 aromatic rings. The lowest BCUT2D eigenvalue weighted by atomic mass is 10.2. The number of rotatable bonds is 5. The van der Waals surface area contributed by atoms with Crippen LogP contribution in [0.15, 0.2) is 29.2 Å². The lowest BCUT2D eigenvalue weighted by molar-refractivity contribution is -0.129. The van der Waals surface area contributed by atoms with Gasteiger partial charge in [-0.2, -0.15) is 0 Å². The normalized spacial score (nSPS) is 23.1. The van der Waals surface area contributed by atoms with Crippen LogP contribution in [0.1, 0.15) is 12.0 Å². The molecule has 27 heavy (non-hydrogen) atoms. The molecule has 0 unspecified atom stereocenters. The number of nitrogens with one attached hydrogen (secondary N) is 1. The predicted octanol–water partition coefficient (Wildman–Crippen LogP) is 1.03. The van der Waals surface area contributed by atoms with Crippen LogP contribution < -0.4 is 10.1 Å². The number of methoxy groups -OCH3 is 1. The number of imide groups is 1. The maximum atomic E-state index is 12.5. The zero-order valence-electron chi connectivity index (χ0n) is 14.5. The molecule has 0 spiro atoms. The maximum Gasteiger partial charge on any atom is 0.294 e. The Kier molecular flexibility index (Phi) is 5.56. The molecule has 1 aromatic carbocycles. The monoisotopic (exact) mass is 410 g/mol. The summed E-state index contributed by atoms with van der Waals surface area (Å²) >= 11 is 0.756. The van der Waals surface area contributed by atoms with Crippen LogP contribution in [-0.4, -0.2) is 61.6 Å². The summed E-state index contributed by atoms with van der Waals surface area (Å²) in [6, 6.07) is 6.54. The molecule has 0 aromatic heterocycles. The van der Waals surface area contributed by atoms with Gasteiger partial charge in [-0.15, -0.1) is 0 Å². The number of thioether (sulfide) groups is 1. The van der Waals surface area contributed by atoms with Crippen LogP contribution in [0.25, 0.3) is 6.08 Å². The number of nitrogens with zero attached hydrogens (tertiary/aromatic N) is 1. The second kappa shape index (κ2) is 7.73. The third kappa shape index (κ3) is 4.69. The molecule has 1 N–H and O–H groups in total. The third-order valence-corrected chi connectivity index (χ3v) is 6.84. The lowest BCUT2D eigenvalue weighted by Gasteiger charge is -2.15. The fourth-order valence-electron chi connectivity index (χ4n) is 2.84. The summed E-state index contributed by atoms with van der Waals surface area (Å²) in [6.07, 6.45) is 1.90. The van der Waals surface area contributed by atoms with Crippen molar-refractivity contribution in [3.8, 4) is 5.75 Å². The molecule has 1 atom stereocenters. The molecule has 10 heteroatoms. The third-order valence-electron chi connectivity index (χ3n) is 4.16. The highest BCUT2D eigenvalue weighted by Crippen LogP contribution is 2.32. The molecule has 8 nitrogen and oxygen atoms in total. The summed E-state index contributed by atoms with van der Waals surface area (Å²) in [5.74, 6) is -0.572. The van der Waals surface area contributed by atoms with Gasteiger partial charge in [0.05, 0.1) is 23.5 Å². The lowest BCUT2D eigenvalue weighted by Crippen LogP contribution is -2.43. The van der Waals surface area contributed by atoms with Gasteiger partial charge in [0.25, 0.3) is 11.1 Å². The van der Waals surface area contributed by atoms with Crippen LogP contribution in [0.5, 0.6) is 5.75 Å². The second-order valence-electron chi connectivity index (χ2n) is 6.21. The molecule has 0 saturated carbocycles. The molecule has 0 aliphatic carbocycles. The number of ether oxygens (including phenoxy) is 1. The van der Waals surface area contributed by atoms with Crippen molar-refractivity contribution in [2.24, 2.45) is 0 Å². The van der Waals surface area contributed by atoms with E-state index in [-0.39, 0.29) is 16.4 Å². The first-order valence-corrected chi connectivity index (χ1v) is 10.8. The predicted molar refractivity (Wildman–Crippen MR) is 101 cm³/mol. The molecule has 2 aliphatic heterocycles. The van der Waals surface area contributed by atoms with Gasteiger partial charge in [-0.1, -0.05) is 12.1 Å². The number of benzene rings is 1. The number of hydrogen-bond donors (Lipinski definition) is 1. The standard InChI is InChI=1S/C17H18N2O6S2/c1-25-13-4-2-3-11(7-13)8-14-16(21)19(17(22)26-14)9-15(20)18-12-5-6-27(23,24)10-12/h2-4,7-8,12H,5-6,9-10H2,1H3,(H,18,20)/b14-8-/t12-/m0/s1. The summed E-state index contributed by atoms with van der Waals surface area (Å²) in [6.45, 7) is -0.434. The van der Waals surface area contributed by atoms with Gasteiger partial charge in [0, 0.05) is 6.04 Å². The summed E-state index contributed by atoms with van der Waals surface area (Å²) in [5.41, 5.74) is 0.695. The van der Waals surface area contributed by atoms with E-state index in [9.17, 15) is 22.8 Å². The number of hydrogen-bond acceptors (Lipinski definition) is 7. The zero-order valence-corrected chi connectivity index (χ0v) is 16.1. The highest BCUT2D eigenvalue weighted by Gasteiger charge is 2.37. The summed E-state index contributed by atoms with van der Waals surface area (Å²) in [4.78, 5) is 37.7. The topological polar surface area (TPSA) is 110 Å². The highest BCUT2D eigenvalue weighted by molar-refractivity contribution is 8.18. The Bertz CT molecular complexity index is 925. The Labute approximate surface area is 160 Å². The number of carbonyl (C=O) groups excluding carboxylic acids is 3. The smallest absolute Gasteiger partial charge is 0.294 e. The van der Waals surface area contributed by atoms with Crippen molar-refractivity contribution in [3.05, 3.63) is 34.7 Å². The van der Waals surface area contributed by atoms with Crippen molar-refractivity contribution in [1.29, 1.82) is 0 Å². The Hall–Kier alpha value is -2.33. The minimum absolute atomic E-state index is 0.0306. The molecule has 0 bridgehead atoms. The summed E-state index contributed by atoms with van der Waals surface area (Å²) in [5, 5.41) is 2.03. The molecule has 0 radical (unpaired) electrons. The van der Waals surface area contributed by atoms with E-state index in [4.69, 9.17) is 4.74 Å². The van der Waals surface area contributed by atoms with E-state index in [1.165, 1.54) is 7.11 Å². The van der Waals surface area contributed by atoms with Crippen LogP contribution in [-0.2, 0) is 19.4 Å². The average Bonchev–Trinajstić information content (AvgIpc) is 3.08. The number of sulfone groups is 1. The molecule has 3 amide bonds. The largest absolute Gasteiger partial charge is 0.497 e. The Morgan fingerprint density at radius 1 is 1.41 bits per heavy atom. The van der Waals surface area contributed by atoms with Crippen molar-refractivity contribution in [3.63, 3.8) is 0 Å². The van der Waals surface area contributed by atoms with Gasteiger partial charge in [-0.25, -0.2) is 8.42 Å². The van der Waals surface area contributed by atoms with Gasteiger partial charge in [-0.3, -0.25) is 19.3 Å². The van der Waals surface area contributed by atoms with Crippen LogP contribution in [0.4, 0.5) is 4.79 Å².